The average Bonchev–Trinajstić information content (AvgIpc) is 3.11. The number of anilines is 1. The second-order valence-corrected chi connectivity index (χ2v) is 11.0. The molecule has 4 rings (SSSR count). The van der Waals surface area contributed by atoms with Gasteiger partial charge in [0.2, 0.25) is 0 Å². The molecule has 1 heterocycles. The largest absolute Gasteiger partial charge is 0.452 e. The van der Waals surface area contributed by atoms with E-state index in [0.29, 0.717) is 21.6 Å². The fourth-order valence-corrected chi connectivity index (χ4v) is 8.87. The van der Waals surface area contributed by atoms with Gasteiger partial charge in [-0.25, -0.2) is 4.39 Å². The topological polar surface area (TPSA) is 55.4 Å². The van der Waals surface area contributed by atoms with Crippen molar-refractivity contribution in [3.05, 3.63) is 30.1 Å². The summed E-state index contributed by atoms with van der Waals surface area (Å²) in [5, 5.41) is 2.61. The molecule has 4 nitrogen and oxygen atoms in total. The van der Waals surface area contributed by atoms with Gasteiger partial charge in [-0.1, -0.05) is 12.5 Å². The molecule has 1 amide bonds. The summed E-state index contributed by atoms with van der Waals surface area (Å²) in [6, 6.07) is 5.68. The smallest absolute Gasteiger partial charge is 0.309 e. The van der Waals surface area contributed by atoms with Gasteiger partial charge in [0.25, 0.3) is 5.91 Å². The Morgan fingerprint density at radius 3 is 2.54 bits per heavy atom. The van der Waals surface area contributed by atoms with Crippen LogP contribution in [0.25, 0.3) is 0 Å². The van der Waals surface area contributed by atoms with Crippen LogP contribution >= 0.6 is 23.5 Å². The van der Waals surface area contributed by atoms with E-state index < -0.39 is 17.8 Å². The molecule has 28 heavy (non-hydrogen) atoms. The lowest BCUT2D eigenvalue weighted by atomic mass is 9.67. The maximum Gasteiger partial charge on any atom is 0.309 e. The number of amides is 1. The predicted octanol–water partition coefficient (Wildman–Crippen LogP) is 4.70. The van der Waals surface area contributed by atoms with Crippen LogP contribution in [0.2, 0.25) is 0 Å². The molecule has 1 spiro atoms. The highest BCUT2D eigenvalue weighted by molar-refractivity contribution is 8.21. The lowest BCUT2D eigenvalue weighted by molar-refractivity contribution is -0.159. The van der Waals surface area contributed by atoms with Gasteiger partial charge in [0, 0.05) is 17.2 Å². The first-order valence-electron chi connectivity index (χ1n) is 10.0. The van der Waals surface area contributed by atoms with Crippen molar-refractivity contribution in [1.82, 2.24) is 0 Å². The van der Waals surface area contributed by atoms with Crippen LogP contribution in [0.5, 0.6) is 0 Å². The Morgan fingerprint density at radius 2 is 1.89 bits per heavy atom. The van der Waals surface area contributed by atoms with Crippen LogP contribution < -0.4 is 5.32 Å². The van der Waals surface area contributed by atoms with E-state index in [-0.39, 0.29) is 11.9 Å². The number of carbonyl (C=O) groups excluding carboxylic acids is 2. The minimum atomic E-state index is -0.901. The molecule has 2 aliphatic carbocycles. The molecule has 7 heteroatoms. The first-order valence-corrected chi connectivity index (χ1v) is 12.0. The van der Waals surface area contributed by atoms with Gasteiger partial charge in [-0.3, -0.25) is 9.59 Å². The van der Waals surface area contributed by atoms with Gasteiger partial charge in [-0.05, 0) is 62.6 Å². The van der Waals surface area contributed by atoms with E-state index in [4.69, 9.17) is 4.74 Å². The molecule has 0 aromatic heterocycles. The van der Waals surface area contributed by atoms with Gasteiger partial charge in [-0.2, -0.15) is 0 Å². The number of hydrogen-bond acceptors (Lipinski definition) is 5. The predicted molar refractivity (Wildman–Crippen MR) is 112 cm³/mol. The number of nitrogens with one attached hydrogen (secondary N) is 1. The highest BCUT2D eigenvalue weighted by Crippen LogP contribution is 2.64. The number of esters is 1. The first-order chi connectivity index (χ1) is 13.5. The Hall–Kier alpha value is -1.21. The first kappa shape index (κ1) is 20.1. The number of benzene rings is 1. The van der Waals surface area contributed by atoms with E-state index in [2.05, 4.69) is 28.8 Å². The number of carbonyl (C=O) groups is 2. The number of ether oxygens (including phenoxy) is 1. The molecule has 3 aliphatic rings. The van der Waals surface area contributed by atoms with Crippen molar-refractivity contribution < 1.29 is 18.7 Å². The van der Waals surface area contributed by atoms with Crippen LogP contribution in [0.4, 0.5) is 10.1 Å². The van der Waals surface area contributed by atoms with Crippen molar-refractivity contribution in [1.29, 1.82) is 0 Å². The molecule has 1 saturated heterocycles. The van der Waals surface area contributed by atoms with Crippen LogP contribution in [-0.4, -0.2) is 33.6 Å². The van der Waals surface area contributed by atoms with Gasteiger partial charge >= 0.3 is 5.97 Å². The van der Waals surface area contributed by atoms with Crippen molar-refractivity contribution >= 4 is 41.1 Å². The molecular formula is C21H26FNO3S2. The monoisotopic (exact) mass is 423 g/mol. The van der Waals surface area contributed by atoms with Crippen molar-refractivity contribution in [3.8, 4) is 0 Å². The average molecular weight is 424 g/mol. The highest BCUT2D eigenvalue weighted by atomic mass is 32.2. The number of hydrogen-bond donors (Lipinski definition) is 1. The van der Waals surface area contributed by atoms with Crippen LogP contribution in [0.1, 0.15) is 39.0 Å². The van der Waals surface area contributed by atoms with E-state index in [1.54, 1.807) is 13.0 Å². The zero-order valence-corrected chi connectivity index (χ0v) is 17.6. The van der Waals surface area contributed by atoms with Crippen molar-refractivity contribution in [3.63, 3.8) is 0 Å². The molecule has 2 saturated carbocycles. The van der Waals surface area contributed by atoms with Gasteiger partial charge in [0.1, 0.15) is 5.82 Å². The van der Waals surface area contributed by atoms with Gasteiger partial charge in [0.05, 0.1) is 10.00 Å². The Morgan fingerprint density at radius 1 is 1.21 bits per heavy atom. The SMILES string of the molecule is C[C@H](OC(=O)C1C[C@H]2CCC[C@@H](C1)C21SCCS1)C(=O)Nc1cccc(F)c1. The van der Waals surface area contributed by atoms with E-state index in [1.165, 1.54) is 49.0 Å². The molecule has 2 bridgehead atoms. The highest BCUT2D eigenvalue weighted by Gasteiger charge is 2.55. The van der Waals surface area contributed by atoms with Crippen molar-refractivity contribution in [2.45, 2.75) is 49.2 Å². The molecule has 1 aliphatic heterocycles. The normalized spacial score (nSPS) is 29.3. The molecule has 4 atom stereocenters. The molecule has 1 N–H and O–H groups in total. The standard InChI is InChI=1S/C21H26FNO3S2/c1-13(19(24)23-18-7-3-6-17(22)12-18)26-20(25)14-10-15-4-2-5-16(11-14)21(15)27-8-9-28-21/h3,6-7,12-16H,2,4-5,8-11H2,1H3,(H,23,24)/t13-,14?,15-,16+/m0/s1. The lowest BCUT2D eigenvalue weighted by Crippen LogP contribution is -2.48. The maximum atomic E-state index is 13.3. The third-order valence-corrected chi connectivity index (χ3v) is 10.2. The van der Waals surface area contributed by atoms with E-state index >= 15 is 0 Å². The summed E-state index contributed by atoms with van der Waals surface area (Å²) in [5.74, 6) is 2.31. The number of thioether (sulfide) groups is 2. The summed E-state index contributed by atoms with van der Waals surface area (Å²) in [7, 11) is 0. The Bertz CT molecular complexity index is 737. The van der Waals surface area contributed by atoms with Crippen LogP contribution in [0.3, 0.4) is 0 Å². The number of rotatable bonds is 4. The molecule has 152 valence electrons. The Labute approximate surface area is 173 Å². The Kier molecular flexibility index (Phi) is 5.93. The van der Waals surface area contributed by atoms with Crippen molar-refractivity contribution in [2.24, 2.45) is 17.8 Å². The third-order valence-electron chi connectivity index (χ3n) is 6.21. The second kappa shape index (κ2) is 8.27. The van der Waals surface area contributed by atoms with Crippen LogP contribution in [-0.2, 0) is 14.3 Å². The quantitative estimate of drug-likeness (QED) is 0.712. The van der Waals surface area contributed by atoms with E-state index in [1.807, 2.05) is 0 Å². The fourth-order valence-electron chi connectivity index (χ4n) is 4.94. The molecule has 1 aromatic rings. The van der Waals surface area contributed by atoms with Crippen LogP contribution in [0.15, 0.2) is 24.3 Å². The zero-order valence-electron chi connectivity index (χ0n) is 16.0. The van der Waals surface area contributed by atoms with E-state index in [9.17, 15) is 14.0 Å². The molecule has 0 radical (unpaired) electrons. The summed E-state index contributed by atoms with van der Waals surface area (Å²) in [6.45, 7) is 1.57. The molecule has 3 fully saturated rings. The van der Waals surface area contributed by atoms with Crippen molar-refractivity contribution in [2.75, 3.05) is 16.8 Å². The fraction of sp³-hybridized carbons (Fsp3) is 0.619. The van der Waals surface area contributed by atoms with Gasteiger partial charge < -0.3 is 10.1 Å². The maximum absolute atomic E-state index is 13.3. The summed E-state index contributed by atoms with van der Waals surface area (Å²) in [4.78, 5) is 25.1. The van der Waals surface area contributed by atoms with Gasteiger partial charge in [-0.15, -0.1) is 23.5 Å². The number of halogens is 1. The summed E-state index contributed by atoms with van der Waals surface area (Å²) in [5.41, 5.74) is 0.359. The van der Waals surface area contributed by atoms with E-state index in [0.717, 1.165) is 12.8 Å². The minimum Gasteiger partial charge on any atom is -0.452 e. The minimum absolute atomic E-state index is 0.118. The second-order valence-electron chi connectivity index (χ2n) is 7.99. The molecular weight excluding hydrogens is 397 g/mol. The zero-order chi connectivity index (χ0) is 19.7. The Balaban J connectivity index is 1.35. The third kappa shape index (κ3) is 3.92. The molecule has 1 unspecified atom stereocenters. The van der Waals surface area contributed by atoms with Gasteiger partial charge in [0.15, 0.2) is 6.10 Å². The lowest BCUT2D eigenvalue weighted by Gasteiger charge is -2.51. The summed E-state index contributed by atoms with van der Waals surface area (Å²) >= 11 is 4.22. The van der Waals surface area contributed by atoms with Crippen LogP contribution in [0, 0.1) is 23.6 Å². The summed E-state index contributed by atoms with van der Waals surface area (Å²) in [6.07, 6.45) is 4.47. The molecule has 1 aromatic carbocycles. The summed E-state index contributed by atoms with van der Waals surface area (Å²) < 4.78 is 19.1.